The highest BCUT2D eigenvalue weighted by atomic mass is 15.2. The highest BCUT2D eigenvalue weighted by Gasteiger charge is 2.13. The van der Waals surface area contributed by atoms with Gasteiger partial charge in [0.15, 0.2) is 0 Å². The van der Waals surface area contributed by atoms with E-state index < -0.39 is 0 Å². The molecule has 0 bridgehead atoms. The van der Waals surface area contributed by atoms with E-state index in [0.717, 1.165) is 6.42 Å². The molecule has 1 unspecified atom stereocenters. The lowest BCUT2D eigenvalue weighted by Crippen LogP contribution is -2.17. The molecule has 0 radical (unpaired) electrons. The lowest BCUT2D eigenvalue weighted by molar-refractivity contribution is 0.736. The van der Waals surface area contributed by atoms with E-state index in [1.807, 2.05) is 36.4 Å². The van der Waals surface area contributed by atoms with E-state index in [2.05, 4.69) is 63.7 Å². The molecule has 0 amide bonds. The second-order valence-corrected chi connectivity index (χ2v) is 6.55. The maximum absolute atomic E-state index is 5.89. The summed E-state index contributed by atoms with van der Waals surface area (Å²) in [5, 5.41) is 6.64. The smallest absolute Gasteiger partial charge is 0.229 e. The molecule has 0 fully saturated rings. The van der Waals surface area contributed by atoms with Crippen LogP contribution in [-0.4, -0.2) is 21.5 Å². The van der Waals surface area contributed by atoms with Crippen LogP contribution in [0.4, 0.5) is 17.8 Å². The summed E-state index contributed by atoms with van der Waals surface area (Å²) in [6.07, 6.45) is 0.906. The van der Waals surface area contributed by atoms with Crippen molar-refractivity contribution in [1.82, 2.24) is 15.0 Å². The van der Waals surface area contributed by atoms with Crippen LogP contribution in [-0.2, 0) is 0 Å². The number of hydrogen-bond acceptors (Lipinski definition) is 6. The fraction of sp³-hybridized carbons (Fsp3) is 0.286. The molecule has 0 saturated carbocycles. The van der Waals surface area contributed by atoms with Gasteiger partial charge in [-0.05, 0) is 23.5 Å². The van der Waals surface area contributed by atoms with Crippen molar-refractivity contribution in [2.75, 3.05) is 22.9 Å². The van der Waals surface area contributed by atoms with Crippen LogP contribution in [0.3, 0.4) is 0 Å². The third-order valence-corrected chi connectivity index (χ3v) is 4.50. The number of nitrogens with zero attached hydrogens (tertiary/aromatic N) is 3. The van der Waals surface area contributed by atoms with E-state index >= 15 is 0 Å². The van der Waals surface area contributed by atoms with Crippen molar-refractivity contribution in [1.29, 1.82) is 0 Å². The monoisotopic (exact) mass is 362 g/mol. The van der Waals surface area contributed by atoms with Crippen molar-refractivity contribution in [2.24, 2.45) is 0 Å². The molecule has 0 aliphatic heterocycles. The molecule has 4 N–H and O–H groups in total. The van der Waals surface area contributed by atoms with Crippen LogP contribution in [0.15, 0.2) is 60.7 Å². The van der Waals surface area contributed by atoms with E-state index in [-0.39, 0.29) is 12.0 Å². The van der Waals surface area contributed by atoms with Gasteiger partial charge in [-0.15, -0.1) is 0 Å². The van der Waals surface area contributed by atoms with E-state index in [0.29, 0.717) is 24.4 Å². The SMILES string of the molecule is CC[C@H](Nc1nc(N)nc(NCC(C)c2ccccc2)n1)c1ccccc1. The molecule has 3 aromatic rings. The van der Waals surface area contributed by atoms with E-state index in [1.54, 1.807) is 0 Å². The quantitative estimate of drug-likeness (QED) is 0.556. The summed E-state index contributed by atoms with van der Waals surface area (Å²) in [4.78, 5) is 12.9. The van der Waals surface area contributed by atoms with Crippen LogP contribution in [0, 0.1) is 0 Å². The van der Waals surface area contributed by atoms with Crippen LogP contribution >= 0.6 is 0 Å². The summed E-state index contributed by atoms with van der Waals surface area (Å²) in [5.74, 6) is 1.49. The zero-order valence-corrected chi connectivity index (χ0v) is 15.8. The Kier molecular flexibility index (Phi) is 6.20. The minimum absolute atomic E-state index is 0.115. The molecule has 1 heterocycles. The number of hydrogen-bond donors (Lipinski definition) is 3. The Morgan fingerprint density at radius 2 is 1.44 bits per heavy atom. The lowest BCUT2D eigenvalue weighted by Gasteiger charge is -2.18. The highest BCUT2D eigenvalue weighted by Crippen LogP contribution is 2.21. The van der Waals surface area contributed by atoms with Gasteiger partial charge < -0.3 is 16.4 Å². The van der Waals surface area contributed by atoms with Crippen LogP contribution in [0.25, 0.3) is 0 Å². The fourth-order valence-corrected chi connectivity index (χ4v) is 2.94. The minimum atomic E-state index is 0.115. The van der Waals surface area contributed by atoms with Gasteiger partial charge in [0.25, 0.3) is 0 Å². The van der Waals surface area contributed by atoms with Crippen LogP contribution in [0.1, 0.15) is 43.4 Å². The van der Waals surface area contributed by atoms with Gasteiger partial charge in [-0.2, -0.15) is 15.0 Å². The first-order valence-electron chi connectivity index (χ1n) is 9.27. The predicted octanol–water partition coefficient (Wildman–Crippen LogP) is 4.23. The molecule has 6 nitrogen and oxygen atoms in total. The number of benzene rings is 2. The van der Waals surface area contributed by atoms with Crippen LogP contribution < -0.4 is 16.4 Å². The number of rotatable bonds is 8. The molecule has 0 aliphatic rings. The molecule has 0 spiro atoms. The number of nitrogens with two attached hydrogens (primary N) is 1. The normalized spacial score (nSPS) is 13.0. The summed E-state index contributed by atoms with van der Waals surface area (Å²) in [6, 6.07) is 20.7. The number of nitrogen functional groups attached to an aromatic ring is 1. The van der Waals surface area contributed by atoms with Crippen molar-refractivity contribution >= 4 is 17.8 Å². The van der Waals surface area contributed by atoms with E-state index in [1.165, 1.54) is 11.1 Å². The van der Waals surface area contributed by atoms with E-state index in [4.69, 9.17) is 5.73 Å². The van der Waals surface area contributed by atoms with Crippen molar-refractivity contribution in [3.63, 3.8) is 0 Å². The molecule has 3 rings (SSSR count). The molecule has 27 heavy (non-hydrogen) atoms. The third-order valence-electron chi connectivity index (χ3n) is 4.50. The lowest BCUT2D eigenvalue weighted by atomic mass is 10.0. The van der Waals surface area contributed by atoms with Gasteiger partial charge in [0.1, 0.15) is 0 Å². The maximum Gasteiger partial charge on any atom is 0.229 e. The van der Waals surface area contributed by atoms with Gasteiger partial charge in [0.2, 0.25) is 17.8 Å². The molecule has 140 valence electrons. The largest absolute Gasteiger partial charge is 0.368 e. The van der Waals surface area contributed by atoms with Gasteiger partial charge >= 0.3 is 0 Å². The molecular weight excluding hydrogens is 336 g/mol. The van der Waals surface area contributed by atoms with Crippen molar-refractivity contribution in [3.8, 4) is 0 Å². The molecule has 0 saturated heterocycles. The third kappa shape index (κ3) is 5.17. The van der Waals surface area contributed by atoms with Crippen molar-refractivity contribution < 1.29 is 0 Å². The number of aromatic nitrogens is 3. The first kappa shape index (κ1) is 18.6. The van der Waals surface area contributed by atoms with Gasteiger partial charge in [-0.25, -0.2) is 0 Å². The molecule has 2 aromatic carbocycles. The second kappa shape index (κ2) is 8.98. The zero-order chi connectivity index (χ0) is 19.1. The summed E-state index contributed by atoms with van der Waals surface area (Å²) < 4.78 is 0. The first-order chi connectivity index (χ1) is 13.2. The maximum atomic E-state index is 5.89. The average Bonchev–Trinajstić information content (AvgIpc) is 2.71. The first-order valence-corrected chi connectivity index (χ1v) is 9.27. The Balaban J connectivity index is 1.68. The average molecular weight is 362 g/mol. The standard InChI is InChI=1S/C21H26N6/c1-3-18(17-12-8-5-9-13-17)24-21-26-19(22)25-20(27-21)23-14-15(2)16-10-6-4-7-11-16/h4-13,15,18H,3,14H2,1-2H3,(H4,22,23,24,25,26,27)/t15?,18-/m0/s1. The summed E-state index contributed by atoms with van der Waals surface area (Å²) in [5.41, 5.74) is 8.34. The summed E-state index contributed by atoms with van der Waals surface area (Å²) in [7, 11) is 0. The Bertz CT molecular complexity index is 838. The number of anilines is 3. The topological polar surface area (TPSA) is 88.8 Å². The number of nitrogens with one attached hydrogen (secondary N) is 2. The van der Waals surface area contributed by atoms with Gasteiger partial charge in [-0.1, -0.05) is 74.5 Å². The molecular formula is C21H26N6. The van der Waals surface area contributed by atoms with Gasteiger partial charge in [-0.3, -0.25) is 0 Å². The molecule has 6 heteroatoms. The Hall–Kier alpha value is -3.15. The Morgan fingerprint density at radius 1 is 0.852 bits per heavy atom. The van der Waals surface area contributed by atoms with Crippen LogP contribution in [0.2, 0.25) is 0 Å². The minimum Gasteiger partial charge on any atom is -0.368 e. The molecule has 0 aliphatic carbocycles. The highest BCUT2D eigenvalue weighted by molar-refractivity contribution is 5.42. The van der Waals surface area contributed by atoms with Gasteiger partial charge in [0.05, 0.1) is 6.04 Å². The predicted molar refractivity (Wildman–Crippen MR) is 111 cm³/mol. The molecule has 1 aromatic heterocycles. The molecule has 2 atom stereocenters. The summed E-state index contributed by atoms with van der Waals surface area (Å²) >= 11 is 0. The van der Waals surface area contributed by atoms with Gasteiger partial charge in [0, 0.05) is 6.54 Å². The van der Waals surface area contributed by atoms with Crippen LogP contribution in [0.5, 0.6) is 0 Å². The van der Waals surface area contributed by atoms with Crippen molar-refractivity contribution in [2.45, 2.75) is 32.2 Å². The Labute approximate surface area is 160 Å². The van der Waals surface area contributed by atoms with Crippen molar-refractivity contribution in [3.05, 3.63) is 71.8 Å². The summed E-state index contributed by atoms with van der Waals surface area (Å²) in [6.45, 7) is 4.99. The zero-order valence-electron chi connectivity index (χ0n) is 15.8. The van der Waals surface area contributed by atoms with E-state index in [9.17, 15) is 0 Å². The Morgan fingerprint density at radius 3 is 2.07 bits per heavy atom. The fourth-order valence-electron chi connectivity index (χ4n) is 2.94. The second-order valence-electron chi connectivity index (χ2n) is 6.55.